The van der Waals surface area contributed by atoms with Gasteiger partial charge in [0, 0.05) is 11.6 Å². The highest BCUT2D eigenvalue weighted by molar-refractivity contribution is 5.70. The highest BCUT2D eigenvalue weighted by atomic mass is 16.5. The molecule has 0 aliphatic heterocycles. The normalized spacial score (nSPS) is 20.9. The molecule has 1 saturated carbocycles. The third kappa shape index (κ3) is 3.61. The molecule has 122 valence electrons. The van der Waals surface area contributed by atoms with Crippen molar-refractivity contribution >= 4 is 12.0 Å². The molecule has 0 saturated heterocycles. The molecule has 23 heavy (non-hydrogen) atoms. The Morgan fingerprint density at radius 2 is 1.96 bits per heavy atom. The topological polar surface area (TPSA) is 97.5 Å². The lowest BCUT2D eigenvalue weighted by Crippen LogP contribution is -2.29. The minimum Gasteiger partial charge on any atom is -0.497 e. The first-order valence-corrected chi connectivity index (χ1v) is 7.63. The highest BCUT2D eigenvalue weighted by Crippen LogP contribution is 2.27. The number of rotatable bonds is 5. The van der Waals surface area contributed by atoms with E-state index in [1.54, 1.807) is 7.11 Å². The minimum absolute atomic E-state index is 0.176. The van der Waals surface area contributed by atoms with Crippen molar-refractivity contribution in [2.75, 3.05) is 12.4 Å². The number of aromatic nitrogens is 2. The minimum atomic E-state index is -0.706. The Balaban J connectivity index is 1.60. The third-order valence-corrected chi connectivity index (χ3v) is 4.18. The smallest absolute Gasteiger partial charge is 0.322 e. The van der Waals surface area contributed by atoms with Crippen LogP contribution in [0.25, 0.3) is 11.4 Å². The lowest BCUT2D eigenvalue weighted by molar-refractivity contribution is -0.142. The molecule has 0 amide bonds. The molecule has 1 aliphatic rings. The molecule has 2 N–H and O–H groups in total. The zero-order valence-electron chi connectivity index (χ0n) is 12.9. The van der Waals surface area contributed by atoms with Gasteiger partial charge in [0.05, 0.1) is 13.0 Å². The Bertz CT molecular complexity index is 660. The van der Waals surface area contributed by atoms with Gasteiger partial charge in [-0.3, -0.25) is 4.79 Å². The Hall–Kier alpha value is -2.57. The Morgan fingerprint density at radius 1 is 1.26 bits per heavy atom. The summed E-state index contributed by atoms with van der Waals surface area (Å²) < 4.78 is 10.4. The summed E-state index contributed by atoms with van der Waals surface area (Å²) in [4.78, 5) is 15.3. The number of carbonyl (C=O) groups is 1. The Kier molecular flexibility index (Phi) is 4.45. The van der Waals surface area contributed by atoms with Crippen LogP contribution in [0.1, 0.15) is 25.7 Å². The van der Waals surface area contributed by atoms with Gasteiger partial charge in [-0.1, -0.05) is 5.16 Å². The van der Waals surface area contributed by atoms with Crippen LogP contribution in [0.2, 0.25) is 0 Å². The summed E-state index contributed by atoms with van der Waals surface area (Å²) in [6, 6.07) is 7.96. The monoisotopic (exact) mass is 317 g/mol. The van der Waals surface area contributed by atoms with Gasteiger partial charge in [0.1, 0.15) is 5.75 Å². The van der Waals surface area contributed by atoms with Gasteiger partial charge in [0.2, 0.25) is 5.82 Å². The van der Waals surface area contributed by atoms with Crippen molar-refractivity contribution in [3.8, 4) is 17.1 Å². The van der Waals surface area contributed by atoms with Crippen LogP contribution < -0.4 is 10.1 Å². The van der Waals surface area contributed by atoms with E-state index >= 15 is 0 Å². The van der Waals surface area contributed by atoms with E-state index in [1.807, 2.05) is 24.3 Å². The second-order valence-corrected chi connectivity index (χ2v) is 5.68. The zero-order chi connectivity index (χ0) is 16.2. The molecule has 7 nitrogen and oxygen atoms in total. The fourth-order valence-corrected chi connectivity index (χ4v) is 2.80. The van der Waals surface area contributed by atoms with E-state index in [0.29, 0.717) is 24.7 Å². The van der Waals surface area contributed by atoms with Crippen molar-refractivity contribution < 1.29 is 19.2 Å². The number of anilines is 1. The first-order chi connectivity index (χ1) is 11.2. The van der Waals surface area contributed by atoms with Crippen molar-refractivity contribution in [1.29, 1.82) is 0 Å². The summed E-state index contributed by atoms with van der Waals surface area (Å²) in [5.41, 5.74) is 0.845. The zero-order valence-corrected chi connectivity index (χ0v) is 12.9. The van der Waals surface area contributed by atoms with E-state index in [4.69, 9.17) is 14.4 Å². The fraction of sp³-hybridized carbons (Fsp3) is 0.438. The number of hydrogen-bond donors (Lipinski definition) is 2. The maximum absolute atomic E-state index is 11.0. The van der Waals surface area contributed by atoms with Crippen molar-refractivity contribution in [1.82, 2.24) is 10.1 Å². The summed E-state index contributed by atoms with van der Waals surface area (Å²) in [6.07, 6.45) is 2.92. The lowest BCUT2D eigenvalue weighted by Gasteiger charge is -2.25. The molecule has 0 spiro atoms. The maximum Gasteiger partial charge on any atom is 0.322 e. The van der Waals surface area contributed by atoms with Gasteiger partial charge in [0.15, 0.2) is 0 Å². The number of hydrogen-bond acceptors (Lipinski definition) is 6. The van der Waals surface area contributed by atoms with Crippen molar-refractivity contribution in [2.45, 2.75) is 31.7 Å². The van der Waals surface area contributed by atoms with Crippen molar-refractivity contribution in [3.05, 3.63) is 24.3 Å². The van der Waals surface area contributed by atoms with Gasteiger partial charge in [-0.05, 0) is 49.9 Å². The SMILES string of the molecule is COc1ccc(-c2noc(NC3CCC(C(=O)O)CC3)n2)cc1. The van der Waals surface area contributed by atoms with Gasteiger partial charge < -0.3 is 19.7 Å². The van der Waals surface area contributed by atoms with Crippen LogP contribution in [0.4, 0.5) is 6.01 Å². The number of carboxylic acids is 1. The van der Waals surface area contributed by atoms with E-state index in [0.717, 1.165) is 24.2 Å². The third-order valence-electron chi connectivity index (χ3n) is 4.18. The molecule has 2 aromatic rings. The first-order valence-electron chi connectivity index (χ1n) is 7.63. The summed E-state index contributed by atoms with van der Waals surface area (Å²) in [7, 11) is 1.62. The summed E-state index contributed by atoms with van der Waals surface area (Å²) in [5.74, 6) is 0.341. The number of ether oxygens (including phenoxy) is 1. The predicted molar refractivity (Wildman–Crippen MR) is 83.3 cm³/mol. The average Bonchev–Trinajstić information content (AvgIpc) is 3.04. The fourth-order valence-electron chi connectivity index (χ4n) is 2.80. The van der Waals surface area contributed by atoms with E-state index < -0.39 is 5.97 Å². The molecule has 0 atom stereocenters. The van der Waals surface area contributed by atoms with E-state index in [1.165, 1.54) is 0 Å². The molecule has 7 heteroatoms. The molecular weight excluding hydrogens is 298 g/mol. The van der Waals surface area contributed by atoms with Crippen LogP contribution in [0.5, 0.6) is 5.75 Å². The number of aliphatic carboxylic acids is 1. The largest absolute Gasteiger partial charge is 0.497 e. The molecule has 1 heterocycles. The van der Waals surface area contributed by atoms with Crippen LogP contribution in [0.3, 0.4) is 0 Å². The molecule has 1 aliphatic carbocycles. The number of carboxylic acid groups (broad SMARTS) is 1. The van der Waals surface area contributed by atoms with Crippen LogP contribution in [-0.2, 0) is 4.79 Å². The van der Waals surface area contributed by atoms with Crippen LogP contribution in [0, 0.1) is 5.92 Å². The highest BCUT2D eigenvalue weighted by Gasteiger charge is 2.26. The lowest BCUT2D eigenvalue weighted by atomic mass is 9.86. The molecule has 1 aromatic carbocycles. The summed E-state index contributed by atoms with van der Waals surface area (Å²) in [5, 5.41) is 16.2. The van der Waals surface area contributed by atoms with E-state index in [2.05, 4.69) is 15.5 Å². The molecule has 1 aromatic heterocycles. The second-order valence-electron chi connectivity index (χ2n) is 5.68. The molecule has 0 unspecified atom stereocenters. The molecular formula is C16H19N3O4. The second kappa shape index (κ2) is 6.68. The number of nitrogens with one attached hydrogen (secondary N) is 1. The van der Waals surface area contributed by atoms with Gasteiger partial charge in [0.25, 0.3) is 0 Å². The van der Waals surface area contributed by atoms with Crippen LogP contribution in [0.15, 0.2) is 28.8 Å². The number of benzene rings is 1. The van der Waals surface area contributed by atoms with Gasteiger partial charge in [-0.2, -0.15) is 4.98 Å². The Morgan fingerprint density at radius 3 is 2.57 bits per heavy atom. The van der Waals surface area contributed by atoms with Gasteiger partial charge >= 0.3 is 12.0 Å². The first kappa shape index (κ1) is 15.3. The van der Waals surface area contributed by atoms with Crippen LogP contribution >= 0.6 is 0 Å². The van der Waals surface area contributed by atoms with Crippen molar-refractivity contribution in [2.24, 2.45) is 5.92 Å². The van der Waals surface area contributed by atoms with E-state index in [-0.39, 0.29) is 12.0 Å². The van der Waals surface area contributed by atoms with Crippen LogP contribution in [-0.4, -0.2) is 34.4 Å². The molecule has 0 bridgehead atoms. The standard InChI is InChI=1S/C16H19N3O4/c1-22-13-8-4-10(5-9-13)14-18-16(23-19-14)17-12-6-2-11(3-7-12)15(20)21/h4-5,8-9,11-12H,2-3,6-7H2,1H3,(H,20,21)(H,17,18,19). The molecule has 1 fully saturated rings. The van der Waals surface area contributed by atoms with Crippen molar-refractivity contribution in [3.63, 3.8) is 0 Å². The van der Waals surface area contributed by atoms with E-state index in [9.17, 15) is 4.79 Å². The number of methoxy groups -OCH3 is 1. The van der Waals surface area contributed by atoms with Gasteiger partial charge in [-0.15, -0.1) is 0 Å². The maximum atomic E-state index is 11.0. The quantitative estimate of drug-likeness (QED) is 0.875. The van der Waals surface area contributed by atoms with Gasteiger partial charge in [-0.25, -0.2) is 0 Å². The molecule has 0 radical (unpaired) electrons. The Labute approximate surface area is 133 Å². The number of nitrogens with zero attached hydrogens (tertiary/aromatic N) is 2. The summed E-state index contributed by atoms with van der Waals surface area (Å²) in [6.45, 7) is 0. The summed E-state index contributed by atoms with van der Waals surface area (Å²) >= 11 is 0. The average molecular weight is 317 g/mol. The predicted octanol–water partition coefficient (Wildman–Crippen LogP) is 2.80. The molecule has 3 rings (SSSR count).